The fraction of sp³-hybridized carbons (Fsp3) is 0.158. The van der Waals surface area contributed by atoms with Gasteiger partial charge in [0.2, 0.25) is 0 Å². The smallest absolute Gasteiger partial charge is 0.331 e. The van der Waals surface area contributed by atoms with E-state index in [1.54, 1.807) is 12.1 Å². The second kappa shape index (κ2) is 8.57. The summed E-state index contributed by atoms with van der Waals surface area (Å²) < 4.78 is 5.05. The number of non-ortho nitro benzene ring substituents is 1. The van der Waals surface area contributed by atoms with Crippen molar-refractivity contribution in [1.82, 2.24) is 0 Å². The van der Waals surface area contributed by atoms with E-state index in [0.29, 0.717) is 11.3 Å². The molecule has 7 heteroatoms. The number of esters is 1. The Balaban J connectivity index is 1.88. The molecule has 0 bridgehead atoms. The van der Waals surface area contributed by atoms with Gasteiger partial charge in [-0.05, 0) is 49.8 Å². The molecule has 0 spiro atoms. The van der Waals surface area contributed by atoms with Crippen molar-refractivity contribution < 1.29 is 19.2 Å². The van der Waals surface area contributed by atoms with Crippen LogP contribution < -0.4 is 5.32 Å². The number of nitrogens with one attached hydrogen (secondary N) is 1. The fourth-order valence-electron chi connectivity index (χ4n) is 2.02. The number of anilines is 1. The maximum Gasteiger partial charge on any atom is 0.331 e. The van der Waals surface area contributed by atoms with E-state index in [4.69, 9.17) is 4.74 Å². The Morgan fingerprint density at radius 2 is 1.73 bits per heavy atom. The number of hydrogen-bond acceptors (Lipinski definition) is 5. The van der Waals surface area contributed by atoms with Crippen LogP contribution in [0.15, 0.2) is 54.6 Å². The Labute approximate surface area is 150 Å². The normalized spacial score (nSPS) is 11.8. The first-order valence-corrected chi connectivity index (χ1v) is 7.86. The van der Waals surface area contributed by atoms with Gasteiger partial charge in [0.15, 0.2) is 6.10 Å². The third-order valence-electron chi connectivity index (χ3n) is 3.50. The number of rotatable bonds is 6. The average Bonchev–Trinajstić information content (AvgIpc) is 2.62. The van der Waals surface area contributed by atoms with Gasteiger partial charge in [-0.3, -0.25) is 14.9 Å². The summed E-state index contributed by atoms with van der Waals surface area (Å²) in [4.78, 5) is 33.9. The molecule has 2 aromatic carbocycles. The number of aryl methyl sites for hydroxylation is 1. The third kappa shape index (κ3) is 5.55. The summed E-state index contributed by atoms with van der Waals surface area (Å²) in [5.41, 5.74) is 2.25. The van der Waals surface area contributed by atoms with Crippen LogP contribution in [0.5, 0.6) is 0 Å². The molecule has 1 N–H and O–H groups in total. The van der Waals surface area contributed by atoms with Crippen LogP contribution in [0.4, 0.5) is 11.4 Å². The molecule has 0 radical (unpaired) electrons. The lowest BCUT2D eigenvalue weighted by Gasteiger charge is -2.12. The summed E-state index contributed by atoms with van der Waals surface area (Å²) in [5, 5.41) is 13.2. The highest BCUT2D eigenvalue weighted by Crippen LogP contribution is 2.13. The van der Waals surface area contributed by atoms with E-state index in [1.807, 2.05) is 19.1 Å². The predicted octanol–water partition coefficient (Wildman–Crippen LogP) is 3.49. The van der Waals surface area contributed by atoms with Gasteiger partial charge in [-0.25, -0.2) is 4.79 Å². The molecular weight excluding hydrogens is 336 g/mol. The Bertz CT molecular complexity index is 826. The van der Waals surface area contributed by atoms with Crippen molar-refractivity contribution in [3.63, 3.8) is 0 Å². The Morgan fingerprint density at radius 3 is 2.31 bits per heavy atom. The second-order valence-electron chi connectivity index (χ2n) is 5.62. The summed E-state index contributed by atoms with van der Waals surface area (Å²) in [7, 11) is 0. The fourth-order valence-corrected chi connectivity index (χ4v) is 2.02. The van der Waals surface area contributed by atoms with Crippen LogP contribution in [0.25, 0.3) is 6.08 Å². The van der Waals surface area contributed by atoms with Crippen LogP contribution in [0.1, 0.15) is 18.1 Å². The number of nitrogens with zero attached hydrogens (tertiary/aromatic N) is 1. The first-order valence-electron chi connectivity index (χ1n) is 7.86. The minimum Gasteiger partial charge on any atom is -0.449 e. The molecule has 0 aromatic heterocycles. The van der Waals surface area contributed by atoms with Crippen molar-refractivity contribution in [1.29, 1.82) is 0 Å². The molecule has 0 fully saturated rings. The van der Waals surface area contributed by atoms with Crippen LogP contribution >= 0.6 is 0 Å². The number of carbonyl (C=O) groups is 2. The molecule has 0 aliphatic rings. The molecule has 0 saturated heterocycles. The molecule has 134 valence electrons. The van der Waals surface area contributed by atoms with Gasteiger partial charge in [-0.15, -0.1) is 0 Å². The van der Waals surface area contributed by atoms with Gasteiger partial charge in [-0.2, -0.15) is 0 Å². The quantitative estimate of drug-likeness (QED) is 0.370. The van der Waals surface area contributed by atoms with Crippen molar-refractivity contribution in [3.8, 4) is 0 Å². The SMILES string of the molecule is Cc1ccc(NC(=O)[C@@H](C)OC(=O)/C=C/c2ccc([N+](=O)[O-])cc2)cc1. The number of nitro groups is 1. The highest BCUT2D eigenvalue weighted by atomic mass is 16.6. The predicted molar refractivity (Wildman–Crippen MR) is 97.5 cm³/mol. The molecular formula is C19H18N2O5. The van der Waals surface area contributed by atoms with Crippen LogP contribution in [0.2, 0.25) is 0 Å². The molecule has 0 aliphatic carbocycles. The van der Waals surface area contributed by atoms with E-state index in [0.717, 1.165) is 11.6 Å². The number of hydrogen-bond donors (Lipinski definition) is 1. The van der Waals surface area contributed by atoms with Crippen LogP contribution in [0, 0.1) is 17.0 Å². The summed E-state index contributed by atoms with van der Waals surface area (Å²) in [6.07, 6.45) is 1.65. The van der Waals surface area contributed by atoms with Gasteiger partial charge in [0.05, 0.1) is 4.92 Å². The molecule has 1 atom stereocenters. The Kier molecular flexibility index (Phi) is 6.21. The summed E-state index contributed by atoms with van der Waals surface area (Å²) in [5.74, 6) is -1.12. The highest BCUT2D eigenvalue weighted by molar-refractivity contribution is 5.96. The van der Waals surface area contributed by atoms with E-state index in [2.05, 4.69) is 5.32 Å². The third-order valence-corrected chi connectivity index (χ3v) is 3.50. The number of ether oxygens (including phenoxy) is 1. The standard InChI is InChI=1S/C19H18N2O5/c1-13-3-8-16(9-4-13)20-19(23)14(2)26-18(22)12-7-15-5-10-17(11-6-15)21(24)25/h3-12,14H,1-2H3,(H,20,23)/b12-7+/t14-/m1/s1. The number of benzene rings is 2. The van der Waals surface area contributed by atoms with Gasteiger partial charge in [0, 0.05) is 23.9 Å². The van der Waals surface area contributed by atoms with E-state index in [9.17, 15) is 19.7 Å². The molecule has 7 nitrogen and oxygen atoms in total. The summed E-state index contributed by atoms with van der Waals surface area (Å²) in [6, 6.07) is 12.9. The van der Waals surface area contributed by atoms with Crippen molar-refractivity contribution in [2.45, 2.75) is 20.0 Å². The maximum absolute atomic E-state index is 12.0. The minimum atomic E-state index is -0.967. The molecule has 1 amide bonds. The zero-order valence-electron chi connectivity index (χ0n) is 14.3. The zero-order chi connectivity index (χ0) is 19.1. The molecule has 2 aromatic rings. The largest absolute Gasteiger partial charge is 0.449 e. The Morgan fingerprint density at radius 1 is 1.12 bits per heavy atom. The van der Waals surface area contributed by atoms with E-state index in [1.165, 1.54) is 37.3 Å². The van der Waals surface area contributed by atoms with E-state index in [-0.39, 0.29) is 5.69 Å². The number of nitro benzene ring substituents is 1. The maximum atomic E-state index is 12.0. The molecule has 26 heavy (non-hydrogen) atoms. The molecule has 0 aliphatic heterocycles. The number of carbonyl (C=O) groups excluding carboxylic acids is 2. The molecule has 0 heterocycles. The van der Waals surface area contributed by atoms with E-state index < -0.39 is 22.9 Å². The van der Waals surface area contributed by atoms with Crippen LogP contribution in [-0.4, -0.2) is 22.9 Å². The first-order chi connectivity index (χ1) is 12.3. The zero-order valence-corrected chi connectivity index (χ0v) is 14.3. The summed E-state index contributed by atoms with van der Waals surface area (Å²) >= 11 is 0. The average molecular weight is 354 g/mol. The van der Waals surface area contributed by atoms with Gasteiger partial charge in [0.1, 0.15) is 0 Å². The topological polar surface area (TPSA) is 98.5 Å². The van der Waals surface area contributed by atoms with Crippen molar-refractivity contribution >= 4 is 29.3 Å². The molecule has 0 unspecified atom stereocenters. The molecule has 2 rings (SSSR count). The van der Waals surface area contributed by atoms with Gasteiger partial charge in [0.25, 0.3) is 11.6 Å². The lowest BCUT2D eigenvalue weighted by molar-refractivity contribution is -0.384. The monoisotopic (exact) mass is 354 g/mol. The lowest BCUT2D eigenvalue weighted by Crippen LogP contribution is -2.29. The highest BCUT2D eigenvalue weighted by Gasteiger charge is 2.16. The van der Waals surface area contributed by atoms with Gasteiger partial charge >= 0.3 is 5.97 Å². The van der Waals surface area contributed by atoms with Crippen molar-refractivity contribution in [3.05, 3.63) is 75.8 Å². The lowest BCUT2D eigenvalue weighted by atomic mass is 10.2. The summed E-state index contributed by atoms with van der Waals surface area (Å²) in [6.45, 7) is 3.41. The number of amides is 1. The minimum absolute atomic E-state index is 0.0360. The van der Waals surface area contributed by atoms with Crippen LogP contribution in [0.3, 0.4) is 0 Å². The van der Waals surface area contributed by atoms with Crippen LogP contribution in [-0.2, 0) is 14.3 Å². The Hall–Kier alpha value is -3.48. The van der Waals surface area contributed by atoms with Crippen molar-refractivity contribution in [2.24, 2.45) is 0 Å². The van der Waals surface area contributed by atoms with Gasteiger partial charge in [-0.1, -0.05) is 17.7 Å². The van der Waals surface area contributed by atoms with Gasteiger partial charge < -0.3 is 10.1 Å². The van der Waals surface area contributed by atoms with Crippen molar-refractivity contribution in [2.75, 3.05) is 5.32 Å². The van der Waals surface area contributed by atoms with E-state index >= 15 is 0 Å². The molecule has 0 saturated carbocycles. The first kappa shape index (κ1) is 18.9. The second-order valence-corrected chi connectivity index (χ2v) is 5.62.